The summed E-state index contributed by atoms with van der Waals surface area (Å²) in [6.45, 7) is -0.424. The average Bonchev–Trinajstić information content (AvgIpc) is 2.54. The molecule has 0 heterocycles. The second-order valence-electron chi connectivity index (χ2n) is 5.27. The van der Waals surface area contributed by atoms with Crippen molar-refractivity contribution in [3.63, 3.8) is 0 Å². The maximum absolute atomic E-state index is 11.5. The van der Waals surface area contributed by atoms with Crippen LogP contribution in [-0.2, 0) is 26.8 Å². The van der Waals surface area contributed by atoms with Crippen molar-refractivity contribution >= 4 is 40.5 Å². The van der Waals surface area contributed by atoms with E-state index in [4.69, 9.17) is 14.7 Å². The highest BCUT2D eigenvalue weighted by molar-refractivity contribution is 7.66. The molecule has 0 saturated carbocycles. The van der Waals surface area contributed by atoms with Crippen LogP contribution in [0.15, 0.2) is 18.2 Å². The first kappa shape index (κ1) is 26.3. The monoisotopic (exact) mass is 495 g/mol. The van der Waals surface area contributed by atoms with Gasteiger partial charge in [-0.1, -0.05) is 0 Å². The number of phosphoric acid groups is 3. The lowest BCUT2D eigenvalue weighted by Crippen LogP contribution is -2.06. The first-order chi connectivity index (χ1) is 13.6. The molecule has 30 heavy (non-hydrogen) atoms. The Kier molecular flexibility index (Phi) is 9.20. The van der Waals surface area contributed by atoms with Gasteiger partial charge in [-0.15, -0.1) is 0 Å². The molecule has 0 aliphatic rings. The second kappa shape index (κ2) is 10.5. The number of benzene rings is 1. The number of nitro benzene ring substituents is 2. The Morgan fingerprint density at radius 1 is 0.933 bits per heavy atom. The zero-order valence-corrected chi connectivity index (χ0v) is 17.4. The van der Waals surface area contributed by atoms with Crippen LogP contribution in [-0.4, -0.2) is 42.6 Å². The van der Waals surface area contributed by atoms with Crippen molar-refractivity contribution in [1.29, 1.82) is 0 Å². The number of nitro groups is 2. The van der Waals surface area contributed by atoms with Gasteiger partial charge in [0.15, 0.2) is 0 Å². The SMILES string of the molecule is O=[N+]([O-])c1ccc(NCCCCOP(=O)(O)OP(=O)(O)OP(=O)(O)O)c([N+](=O)[O-])c1. The summed E-state index contributed by atoms with van der Waals surface area (Å²) >= 11 is 0. The van der Waals surface area contributed by atoms with E-state index in [2.05, 4.69) is 18.5 Å². The molecule has 0 fully saturated rings. The molecular formula is C10H16N3O14P3. The van der Waals surface area contributed by atoms with E-state index in [9.17, 15) is 38.8 Å². The van der Waals surface area contributed by atoms with Gasteiger partial charge >= 0.3 is 23.5 Å². The molecule has 170 valence electrons. The fraction of sp³-hybridized carbons (Fsp3) is 0.400. The molecule has 20 heteroatoms. The Morgan fingerprint density at radius 3 is 2.10 bits per heavy atom. The molecule has 0 aliphatic carbocycles. The van der Waals surface area contributed by atoms with E-state index in [0.717, 1.165) is 18.2 Å². The van der Waals surface area contributed by atoms with Crippen LogP contribution in [0.3, 0.4) is 0 Å². The standard InChI is InChI=1S/C10H16N3O14P3/c14-12(15)8-3-4-9(10(7-8)13(16)17)11-5-1-2-6-25-29(21,22)27-30(23,24)26-28(18,19)20/h3-4,7,11H,1-2,5-6H2,(H,21,22)(H,23,24)(H2,18,19,20). The van der Waals surface area contributed by atoms with Gasteiger partial charge in [0, 0.05) is 12.6 Å². The number of nitrogens with zero attached hydrogens (tertiary/aromatic N) is 2. The van der Waals surface area contributed by atoms with E-state index in [1.807, 2.05) is 0 Å². The zero-order valence-electron chi connectivity index (χ0n) is 14.7. The highest BCUT2D eigenvalue weighted by Gasteiger charge is 2.40. The molecule has 0 saturated heterocycles. The number of phosphoric ester groups is 1. The minimum Gasteiger partial charge on any atom is -0.379 e. The quantitative estimate of drug-likeness (QED) is 0.113. The van der Waals surface area contributed by atoms with Crippen molar-refractivity contribution in [2.45, 2.75) is 12.8 Å². The fourth-order valence-electron chi connectivity index (χ4n) is 1.87. The molecule has 17 nitrogen and oxygen atoms in total. The van der Waals surface area contributed by atoms with Gasteiger partial charge in [-0.25, -0.2) is 13.7 Å². The van der Waals surface area contributed by atoms with Crippen LogP contribution in [0.5, 0.6) is 0 Å². The Balaban J connectivity index is 2.49. The van der Waals surface area contributed by atoms with E-state index in [1.165, 1.54) is 0 Å². The molecular weight excluding hydrogens is 479 g/mol. The highest BCUT2D eigenvalue weighted by Crippen LogP contribution is 2.66. The van der Waals surface area contributed by atoms with E-state index >= 15 is 0 Å². The first-order valence-electron chi connectivity index (χ1n) is 7.57. The smallest absolute Gasteiger partial charge is 0.379 e. The van der Waals surface area contributed by atoms with Gasteiger partial charge in [0.05, 0.1) is 22.5 Å². The van der Waals surface area contributed by atoms with Crippen LogP contribution < -0.4 is 5.32 Å². The molecule has 1 rings (SSSR count). The third-order valence-corrected chi connectivity index (χ3v) is 6.78. The summed E-state index contributed by atoms with van der Waals surface area (Å²) in [7, 11) is -16.3. The first-order valence-corrected chi connectivity index (χ1v) is 12.1. The minimum atomic E-state index is -5.59. The molecule has 0 spiro atoms. The molecule has 0 aromatic heterocycles. The molecule has 2 unspecified atom stereocenters. The number of unbranched alkanes of at least 4 members (excludes halogenated alkanes) is 1. The van der Waals surface area contributed by atoms with Gasteiger partial charge in [0.25, 0.3) is 11.4 Å². The lowest BCUT2D eigenvalue weighted by molar-refractivity contribution is -0.393. The van der Waals surface area contributed by atoms with Crippen LogP contribution in [0.2, 0.25) is 0 Å². The van der Waals surface area contributed by atoms with Crippen molar-refractivity contribution in [3.8, 4) is 0 Å². The highest BCUT2D eigenvalue weighted by atomic mass is 31.3. The number of hydrogen-bond donors (Lipinski definition) is 5. The van der Waals surface area contributed by atoms with Gasteiger partial charge in [0.2, 0.25) is 0 Å². The number of non-ortho nitro benzene ring substituents is 1. The normalized spacial score (nSPS) is 15.7. The summed E-state index contributed by atoms with van der Waals surface area (Å²) < 4.78 is 44.5. The van der Waals surface area contributed by atoms with Crippen molar-refractivity contribution in [2.75, 3.05) is 18.5 Å². The molecule has 0 amide bonds. The van der Waals surface area contributed by atoms with Gasteiger partial charge in [0.1, 0.15) is 5.69 Å². The van der Waals surface area contributed by atoms with Gasteiger partial charge in [-0.3, -0.25) is 24.8 Å². The Bertz CT molecular complexity index is 932. The van der Waals surface area contributed by atoms with E-state index in [1.54, 1.807) is 0 Å². The Labute approximate surface area is 167 Å². The Hall–Kier alpha value is -1.77. The number of rotatable bonds is 13. The van der Waals surface area contributed by atoms with E-state index in [0.29, 0.717) is 0 Å². The molecule has 1 aromatic rings. The Morgan fingerprint density at radius 2 is 1.57 bits per heavy atom. The van der Waals surface area contributed by atoms with E-state index < -0.39 is 51.3 Å². The summed E-state index contributed by atoms with van der Waals surface area (Å²) in [5.41, 5.74) is -1.00. The molecule has 0 radical (unpaired) electrons. The summed E-state index contributed by atoms with van der Waals surface area (Å²) in [5.74, 6) is 0. The summed E-state index contributed by atoms with van der Waals surface area (Å²) in [4.78, 5) is 55.1. The lowest BCUT2D eigenvalue weighted by atomic mass is 10.2. The number of anilines is 1. The third kappa shape index (κ3) is 9.82. The van der Waals surface area contributed by atoms with Crippen molar-refractivity contribution in [2.24, 2.45) is 0 Å². The molecule has 5 N–H and O–H groups in total. The van der Waals surface area contributed by atoms with Gasteiger partial charge in [-0.05, 0) is 18.9 Å². The lowest BCUT2D eigenvalue weighted by Gasteiger charge is -2.16. The van der Waals surface area contributed by atoms with Crippen LogP contribution in [0, 0.1) is 20.2 Å². The number of hydrogen-bond acceptors (Lipinski definition) is 11. The molecule has 0 aliphatic heterocycles. The summed E-state index contributed by atoms with van der Waals surface area (Å²) in [6.07, 6.45) is 0.237. The van der Waals surface area contributed by atoms with E-state index in [-0.39, 0.29) is 25.1 Å². The predicted octanol–water partition coefficient (Wildman–Crippen LogP) is 2.04. The van der Waals surface area contributed by atoms with Crippen LogP contribution in [0.4, 0.5) is 17.1 Å². The van der Waals surface area contributed by atoms with Crippen LogP contribution in [0.25, 0.3) is 0 Å². The summed E-state index contributed by atoms with van der Waals surface area (Å²) in [5, 5.41) is 24.3. The van der Waals surface area contributed by atoms with Crippen molar-refractivity contribution in [1.82, 2.24) is 0 Å². The summed E-state index contributed by atoms with van der Waals surface area (Å²) in [6, 6.07) is 2.98. The zero-order chi connectivity index (χ0) is 23.2. The predicted molar refractivity (Wildman–Crippen MR) is 97.3 cm³/mol. The third-order valence-electron chi connectivity index (χ3n) is 2.95. The molecule has 0 bridgehead atoms. The largest absolute Gasteiger partial charge is 0.490 e. The minimum absolute atomic E-state index is 0.00140. The van der Waals surface area contributed by atoms with Gasteiger partial charge < -0.3 is 24.9 Å². The van der Waals surface area contributed by atoms with Crippen LogP contribution in [0.1, 0.15) is 12.8 Å². The molecule has 1 aromatic carbocycles. The van der Waals surface area contributed by atoms with Crippen molar-refractivity contribution in [3.05, 3.63) is 38.4 Å². The maximum Gasteiger partial charge on any atom is 0.490 e. The maximum atomic E-state index is 11.5. The topological polar surface area (TPSA) is 258 Å². The van der Waals surface area contributed by atoms with Gasteiger partial charge in [-0.2, -0.15) is 8.62 Å². The average molecular weight is 495 g/mol. The van der Waals surface area contributed by atoms with Crippen molar-refractivity contribution < 1.29 is 56.3 Å². The fourth-order valence-corrected chi connectivity index (χ4v) is 4.92. The van der Waals surface area contributed by atoms with Crippen LogP contribution >= 0.6 is 23.5 Å². The second-order valence-corrected chi connectivity index (χ2v) is 9.69. The molecule has 2 atom stereocenters. The number of nitrogens with one attached hydrogen (secondary N) is 1.